The summed E-state index contributed by atoms with van der Waals surface area (Å²) in [5.74, 6) is -0.696. The molecule has 0 atom stereocenters. The molecule has 0 amide bonds. The van der Waals surface area contributed by atoms with E-state index in [1.807, 2.05) is 18.2 Å². The normalized spacial score (nSPS) is 15.0. The van der Waals surface area contributed by atoms with Gasteiger partial charge < -0.3 is 4.98 Å². The van der Waals surface area contributed by atoms with Crippen molar-refractivity contribution < 1.29 is 8.78 Å². The van der Waals surface area contributed by atoms with E-state index in [1.54, 1.807) is 12.1 Å². The van der Waals surface area contributed by atoms with Gasteiger partial charge in [-0.3, -0.25) is 9.69 Å². The zero-order valence-corrected chi connectivity index (χ0v) is 15.6. The monoisotopic (exact) mass is 380 g/mol. The average Bonchev–Trinajstić information content (AvgIpc) is 2.69. The third kappa shape index (κ3) is 4.04. The highest BCUT2D eigenvalue weighted by Gasteiger charge is 2.13. The molecule has 0 unspecified atom stereocenters. The Hall–Kier alpha value is -2.79. The number of nitrogens with one attached hydrogen (secondary N) is 1. The van der Waals surface area contributed by atoms with Crippen molar-refractivity contribution >= 4 is 16.3 Å². The lowest BCUT2D eigenvalue weighted by molar-refractivity contribution is 0.297. The van der Waals surface area contributed by atoms with Crippen LogP contribution in [0.3, 0.4) is 0 Å². The van der Waals surface area contributed by atoms with Crippen LogP contribution in [0.25, 0.3) is 16.3 Å². The predicted octanol–water partition coefficient (Wildman–Crippen LogP) is 4.53. The van der Waals surface area contributed by atoms with Crippen molar-refractivity contribution in [1.29, 1.82) is 0 Å². The SMILES string of the molecule is O=c1[nH]c(CCCN2CC=C(c3ccc(F)cc3)CC2)cc2cccc(F)c12. The second-order valence-corrected chi connectivity index (χ2v) is 7.22. The van der Waals surface area contributed by atoms with Gasteiger partial charge in [-0.1, -0.05) is 30.3 Å². The van der Waals surface area contributed by atoms with Crippen LogP contribution in [0.5, 0.6) is 0 Å². The van der Waals surface area contributed by atoms with E-state index in [1.165, 1.54) is 23.8 Å². The number of hydrogen-bond donors (Lipinski definition) is 1. The molecule has 28 heavy (non-hydrogen) atoms. The second-order valence-electron chi connectivity index (χ2n) is 7.22. The Morgan fingerprint density at radius 3 is 2.64 bits per heavy atom. The number of nitrogens with zero attached hydrogens (tertiary/aromatic N) is 1. The summed E-state index contributed by atoms with van der Waals surface area (Å²) in [5, 5.41) is 0.768. The van der Waals surface area contributed by atoms with Crippen LogP contribution in [0.2, 0.25) is 0 Å². The Balaban J connectivity index is 1.34. The number of hydrogen-bond acceptors (Lipinski definition) is 2. The van der Waals surface area contributed by atoms with E-state index in [0.717, 1.165) is 50.2 Å². The molecule has 2 heterocycles. The number of H-pyrrole nitrogens is 1. The fourth-order valence-corrected chi connectivity index (χ4v) is 3.80. The first-order valence-corrected chi connectivity index (χ1v) is 9.58. The van der Waals surface area contributed by atoms with E-state index in [9.17, 15) is 13.6 Å². The van der Waals surface area contributed by atoms with Crippen LogP contribution in [0.15, 0.2) is 59.4 Å². The highest BCUT2D eigenvalue weighted by atomic mass is 19.1. The van der Waals surface area contributed by atoms with Gasteiger partial charge in [0, 0.05) is 18.8 Å². The fourth-order valence-electron chi connectivity index (χ4n) is 3.80. The van der Waals surface area contributed by atoms with Crippen molar-refractivity contribution in [2.45, 2.75) is 19.3 Å². The van der Waals surface area contributed by atoms with E-state index >= 15 is 0 Å². The first-order valence-electron chi connectivity index (χ1n) is 9.58. The molecule has 5 heteroatoms. The van der Waals surface area contributed by atoms with E-state index in [2.05, 4.69) is 16.0 Å². The molecule has 2 aromatic carbocycles. The summed E-state index contributed by atoms with van der Waals surface area (Å²) < 4.78 is 26.9. The number of halogens is 2. The predicted molar refractivity (Wildman–Crippen MR) is 108 cm³/mol. The second kappa shape index (κ2) is 8.07. The minimum absolute atomic E-state index is 0.126. The maximum atomic E-state index is 13.8. The molecule has 144 valence electrons. The van der Waals surface area contributed by atoms with Crippen molar-refractivity contribution in [3.63, 3.8) is 0 Å². The van der Waals surface area contributed by atoms with Crippen LogP contribution in [0.4, 0.5) is 8.78 Å². The Kier molecular flexibility index (Phi) is 5.35. The van der Waals surface area contributed by atoms with Crippen molar-refractivity contribution in [2.75, 3.05) is 19.6 Å². The molecule has 3 nitrogen and oxygen atoms in total. The molecular formula is C23H22F2N2O. The van der Waals surface area contributed by atoms with Crippen LogP contribution >= 0.6 is 0 Å². The molecule has 1 aliphatic rings. The zero-order chi connectivity index (χ0) is 19.5. The molecule has 1 N–H and O–H groups in total. The van der Waals surface area contributed by atoms with Gasteiger partial charge in [-0.2, -0.15) is 0 Å². The average molecular weight is 380 g/mol. The summed E-state index contributed by atoms with van der Waals surface area (Å²) in [5.41, 5.74) is 2.82. The number of aryl methyl sites for hydroxylation is 1. The minimum atomic E-state index is -0.484. The lowest BCUT2D eigenvalue weighted by atomic mass is 9.99. The summed E-state index contributed by atoms with van der Waals surface area (Å²) in [6.45, 7) is 2.76. The first-order chi connectivity index (χ1) is 13.6. The number of rotatable bonds is 5. The van der Waals surface area contributed by atoms with E-state index in [0.29, 0.717) is 5.39 Å². The Morgan fingerprint density at radius 1 is 1.07 bits per heavy atom. The highest BCUT2D eigenvalue weighted by molar-refractivity contribution is 5.82. The topological polar surface area (TPSA) is 36.1 Å². The molecule has 0 saturated heterocycles. The van der Waals surface area contributed by atoms with Gasteiger partial charge in [0.2, 0.25) is 0 Å². The molecule has 0 bridgehead atoms. The van der Waals surface area contributed by atoms with Crippen LogP contribution in [-0.4, -0.2) is 29.5 Å². The van der Waals surface area contributed by atoms with Crippen LogP contribution in [-0.2, 0) is 6.42 Å². The summed E-state index contributed by atoms with van der Waals surface area (Å²) >= 11 is 0. The van der Waals surface area contributed by atoms with Crippen molar-refractivity contribution in [3.8, 4) is 0 Å². The molecule has 1 aromatic heterocycles. The van der Waals surface area contributed by atoms with Gasteiger partial charge in [0.1, 0.15) is 11.6 Å². The number of aromatic amines is 1. The van der Waals surface area contributed by atoms with Gasteiger partial charge in [-0.15, -0.1) is 0 Å². The Morgan fingerprint density at radius 2 is 1.89 bits per heavy atom. The Labute approximate surface area is 162 Å². The smallest absolute Gasteiger partial charge is 0.258 e. The maximum Gasteiger partial charge on any atom is 0.258 e. The molecule has 0 fully saturated rings. The molecule has 0 aliphatic carbocycles. The van der Waals surface area contributed by atoms with Crippen molar-refractivity contribution in [2.24, 2.45) is 0 Å². The molecule has 1 aliphatic heterocycles. The summed E-state index contributed by atoms with van der Waals surface area (Å²) in [7, 11) is 0. The van der Waals surface area contributed by atoms with Gasteiger partial charge in [0.25, 0.3) is 5.56 Å². The maximum absolute atomic E-state index is 13.8. The van der Waals surface area contributed by atoms with Gasteiger partial charge in [-0.25, -0.2) is 8.78 Å². The van der Waals surface area contributed by atoms with E-state index in [-0.39, 0.29) is 16.8 Å². The highest BCUT2D eigenvalue weighted by Crippen LogP contribution is 2.23. The number of benzene rings is 2. The molecule has 0 saturated carbocycles. The van der Waals surface area contributed by atoms with Crippen LogP contribution in [0, 0.1) is 11.6 Å². The van der Waals surface area contributed by atoms with Gasteiger partial charge in [0.15, 0.2) is 0 Å². The molecule has 4 rings (SSSR count). The van der Waals surface area contributed by atoms with Crippen LogP contribution in [0.1, 0.15) is 24.1 Å². The molecule has 0 spiro atoms. The minimum Gasteiger partial charge on any atom is -0.326 e. The fraction of sp³-hybridized carbons (Fsp3) is 0.261. The third-order valence-corrected chi connectivity index (χ3v) is 5.31. The van der Waals surface area contributed by atoms with E-state index in [4.69, 9.17) is 0 Å². The summed E-state index contributed by atoms with van der Waals surface area (Å²) in [4.78, 5) is 17.3. The lowest BCUT2D eigenvalue weighted by Crippen LogP contribution is -2.29. The van der Waals surface area contributed by atoms with E-state index < -0.39 is 5.82 Å². The number of pyridine rings is 1. The first kappa shape index (κ1) is 18.6. The molecule has 3 aromatic rings. The quantitative estimate of drug-likeness (QED) is 0.706. The molecule has 0 radical (unpaired) electrons. The van der Waals surface area contributed by atoms with Gasteiger partial charge in [-0.05, 0) is 66.6 Å². The third-order valence-electron chi connectivity index (χ3n) is 5.31. The lowest BCUT2D eigenvalue weighted by Gasteiger charge is -2.26. The zero-order valence-electron chi connectivity index (χ0n) is 15.6. The Bertz CT molecular complexity index is 1070. The number of fused-ring (bicyclic) bond motifs is 1. The largest absolute Gasteiger partial charge is 0.326 e. The molecular weight excluding hydrogens is 358 g/mol. The summed E-state index contributed by atoms with van der Waals surface area (Å²) in [6, 6.07) is 13.2. The number of aromatic nitrogens is 1. The van der Waals surface area contributed by atoms with Crippen molar-refractivity contribution in [3.05, 3.63) is 87.9 Å². The van der Waals surface area contributed by atoms with Gasteiger partial charge >= 0.3 is 0 Å². The van der Waals surface area contributed by atoms with Crippen molar-refractivity contribution in [1.82, 2.24) is 9.88 Å². The standard InChI is InChI=1S/C23H22F2N2O/c24-19-8-6-16(7-9-19)17-10-13-27(14-11-17)12-2-4-20-15-18-3-1-5-21(25)22(18)23(28)26-20/h1,3,5-10,15H,2,4,11-14H2,(H,26,28). The van der Waals surface area contributed by atoms with Crippen LogP contribution < -0.4 is 5.56 Å². The van der Waals surface area contributed by atoms with Gasteiger partial charge in [0.05, 0.1) is 5.39 Å². The summed E-state index contributed by atoms with van der Waals surface area (Å²) in [6.07, 6.45) is 4.80.